The fraction of sp³-hybridized carbons (Fsp3) is 0.0625. The van der Waals surface area contributed by atoms with Crippen molar-refractivity contribution < 1.29 is 16.8 Å². The monoisotopic (exact) mass is 362 g/mol. The molecule has 0 fully saturated rings. The summed E-state index contributed by atoms with van der Waals surface area (Å²) in [6.07, 6.45) is 0.867. The summed E-state index contributed by atoms with van der Waals surface area (Å²) in [7, 11) is -7.32. The lowest BCUT2D eigenvalue weighted by atomic mass is 10.2. The van der Waals surface area contributed by atoms with Gasteiger partial charge in [0.25, 0.3) is 0 Å². The summed E-state index contributed by atoms with van der Waals surface area (Å²) in [5.41, 5.74) is 0.903. The molecule has 0 atom stereocenters. The number of nitriles is 1. The van der Waals surface area contributed by atoms with Gasteiger partial charge in [0, 0.05) is 17.2 Å². The van der Waals surface area contributed by atoms with Crippen LogP contribution in [0.5, 0.6) is 0 Å². The van der Waals surface area contributed by atoms with Gasteiger partial charge in [-0.1, -0.05) is 30.3 Å². The molecule has 0 aliphatic heterocycles. The molecule has 0 amide bonds. The van der Waals surface area contributed by atoms with E-state index in [1.165, 1.54) is 24.3 Å². The maximum atomic E-state index is 12.1. The van der Waals surface area contributed by atoms with Crippen molar-refractivity contribution in [1.82, 2.24) is 0 Å². The number of rotatable bonds is 6. The minimum atomic E-state index is -3.71. The second-order valence-electron chi connectivity index (χ2n) is 4.85. The van der Waals surface area contributed by atoms with Crippen LogP contribution in [0.4, 0.5) is 5.69 Å². The average molecular weight is 362 g/mol. The molecule has 0 radical (unpaired) electrons. The first kappa shape index (κ1) is 17.7. The molecule has 1 N–H and O–H groups in total. The quantitative estimate of drug-likeness (QED) is 0.795. The molecule has 0 aliphatic rings. The molecule has 0 spiro atoms. The fourth-order valence-electron chi connectivity index (χ4n) is 1.92. The Morgan fingerprint density at radius 2 is 1.58 bits per heavy atom. The van der Waals surface area contributed by atoms with Gasteiger partial charge in [0.05, 0.1) is 16.7 Å². The number of hydrogen-bond acceptors (Lipinski definition) is 5. The highest BCUT2D eigenvalue weighted by atomic mass is 32.2. The number of anilines is 1. The minimum Gasteiger partial charge on any atom is -0.283 e. The first-order valence-electron chi connectivity index (χ1n) is 6.78. The Labute approximate surface area is 141 Å². The van der Waals surface area contributed by atoms with Crippen LogP contribution in [0, 0.1) is 11.3 Å². The lowest BCUT2D eigenvalue weighted by Crippen LogP contribution is -2.15. The number of sulfonamides is 1. The highest BCUT2D eigenvalue weighted by molar-refractivity contribution is 7.94. The van der Waals surface area contributed by atoms with Gasteiger partial charge in [0.1, 0.15) is 0 Å². The Bertz CT molecular complexity index is 973. The molecule has 0 saturated carbocycles. The Morgan fingerprint density at radius 1 is 0.958 bits per heavy atom. The van der Waals surface area contributed by atoms with Crippen molar-refractivity contribution in [3.8, 4) is 6.07 Å². The number of sulfone groups is 1. The number of nitrogens with one attached hydrogen (secondary N) is 1. The van der Waals surface area contributed by atoms with Crippen molar-refractivity contribution in [2.75, 3.05) is 4.72 Å². The van der Waals surface area contributed by atoms with Gasteiger partial charge >= 0.3 is 0 Å². The predicted octanol–water partition coefficient (Wildman–Crippen LogP) is 2.44. The summed E-state index contributed by atoms with van der Waals surface area (Å²) < 4.78 is 50.3. The van der Waals surface area contributed by atoms with Crippen LogP contribution in [-0.4, -0.2) is 16.8 Å². The number of hydrogen-bond donors (Lipinski definition) is 1. The van der Waals surface area contributed by atoms with Crippen LogP contribution >= 0.6 is 0 Å². The normalized spacial score (nSPS) is 12.0. The summed E-state index contributed by atoms with van der Waals surface area (Å²) in [4.78, 5) is -0.0278. The van der Waals surface area contributed by atoms with Crippen molar-refractivity contribution in [3.63, 3.8) is 0 Å². The zero-order valence-electron chi connectivity index (χ0n) is 12.5. The molecule has 0 aromatic heterocycles. The van der Waals surface area contributed by atoms with Crippen LogP contribution in [0.3, 0.4) is 0 Å². The van der Waals surface area contributed by atoms with Gasteiger partial charge in [-0.2, -0.15) is 5.26 Å². The molecule has 0 aliphatic carbocycles. The Hall–Kier alpha value is -2.63. The van der Waals surface area contributed by atoms with Gasteiger partial charge in [0.2, 0.25) is 19.9 Å². The number of benzene rings is 2. The topological polar surface area (TPSA) is 104 Å². The Balaban J connectivity index is 2.14. The zero-order valence-corrected chi connectivity index (χ0v) is 14.1. The van der Waals surface area contributed by atoms with Gasteiger partial charge in [-0.05, 0) is 29.8 Å². The van der Waals surface area contributed by atoms with E-state index in [-0.39, 0.29) is 16.3 Å². The van der Waals surface area contributed by atoms with E-state index in [1.54, 1.807) is 36.4 Å². The molecule has 0 unspecified atom stereocenters. The average Bonchev–Trinajstić information content (AvgIpc) is 2.53. The van der Waals surface area contributed by atoms with E-state index in [2.05, 4.69) is 4.72 Å². The zero-order chi connectivity index (χ0) is 17.6. The third-order valence-corrected chi connectivity index (χ3v) is 5.66. The van der Waals surface area contributed by atoms with Crippen LogP contribution in [0.15, 0.2) is 71.0 Å². The number of allylic oxidation sites excluding steroid dienone is 1. The number of nitrogens with zero attached hydrogens (tertiary/aromatic N) is 1. The van der Waals surface area contributed by atoms with Crippen molar-refractivity contribution >= 4 is 25.5 Å². The molecule has 6 nitrogen and oxygen atoms in total. The molecule has 2 aromatic rings. The lowest BCUT2D eigenvalue weighted by Gasteiger charge is -2.08. The highest BCUT2D eigenvalue weighted by Gasteiger charge is 2.13. The van der Waals surface area contributed by atoms with Crippen LogP contribution in [0.2, 0.25) is 0 Å². The fourth-order valence-corrected chi connectivity index (χ4v) is 4.03. The largest absolute Gasteiger partial charge is 0.283 e. The highest BCUT2D eigenvalue weighted by Crippen LogP contribution is 2.18. The van der Waals surface area contributed by atoms with Crippen molar-refractivity contribution in [2.24, 2.45) is 0 Å². The van der Waals surface area contributed by atoms with Crippen LogP contribution in [0.1, 0.15) is 5.56 Å². The molecule has 8 heteroatoms. The lowest BCUT2D eigenvalue weighted by molar-refractivity contribution is 0.600. The second-order valence-corrected chi connectivity index (χ2v) is 8.40. The Morgan fingerprint density at radius 3 is 2.17 bits per heavy atom. The maximum Gasteiger partial charge on any atom is 0.236 e. The van der Waals surface area contributed by atoms with Gasteiger partial charge in [-0.25, -0.2) is 16.8 Å². The molecule has 24 heavy (non-hydrogen) atoms. The second kappa shape index (κ2) is 7.29. The van der Waals surface area contributed by atoms with E-state index in [4.69, 9.17) is 5.26 Å². The first-order valence-corrected chi connectivity index (χ1v) is 9.98. The van der Waals surface area contributed by atoms with Gasteiger partial charge in [-0.3, -0.25) is 4.72 Å². The van der Waals surface area contributed by atoms with E-state index in [9.17, 15) is 16.8 Å². The third kappa shape index (κ3) is 4.94. The molecule has 0 saturated heterocycles. The van der Waals surface area contributed by atoms with Gasteiger partial charge < -0.3 is 0 Å². The van der Waals surface area contributed by atoms with Crippen LogP contribution in [0.25, 0.3) is 0 Å². The molecule has 0 heterocycles. The van der Waals surface area contributed by atoms with Crippen molar-refractivity contribution in [2.45, 2.75) is 10.6 Å². The van der Waals surface area contributed by atoms with E-state index < -0.39 is 19.9 Å². The van der Waals surface area contributed by atoms with Crippen molar-refractivity contribution in [3.05, 3.63) is 71.6 Å². The molecular formula is C16H14N2O4S2. The van der Waals surface area contributed by atoms with E-state index in [1.807, 2.05) is 0 Å². The van der Waals surface area contributed by atoms with Crippen LogP contribution < -0.4 is 4.72 Å². The SMILES string of the molecule is N#C/C=C/S(=O)(=O)c1ccc(NS(=O)(=O)Cc2ccccc2)cc1. The van der Waals surface area contributed by atoms with Crippen molar-refractivity contribution in [1.29, 1.82) is 5.26 Å². The van der Waals surface area contributed by atoms with Gasteiger partial charge in [0.15, 0.2) is 0 Å². The smallest absolute Gasteiger partial charge is 0.236 e. The standard InChI is InChI=1S/C16H14N2O4S2/c17-11-4-12-23(19,20)16-9-7-15(8-10-16)18-24(21,22)13-14-5-2-1-3-6-14/h1-10,12,18H,13H2/b12-4+. The van der Waals surface area contributed by atoms with E-state index in [0.717, 1.165) is 11.5 Å². The molecule has 2 rings (SSSR count). The Kier molecular flexibility index (Phi) is 5.39. The minimum absolute atomic E-state index is 0.0278. The summed E-state index contributed by atoms with van der Waals surface area (Å²) >= 11 is 0. The summed E-state index contributed by atoms with van der Waals surface area (Å²) in [5.74, 6) is -0.182. The summed E-state index contributed by atoms with van der Waals surface area (Å²) in [6, 6.07) is 15.6. The maximum absolute atomic E-state index is 12.1. The molecule has 2 aromatic carbocycles. The van der Waals surface area contributed by atoms with E-state index >= 15 is 0 Å². The van der Waals surface area contributed by atoms with E-state index in [0.29, 0.717) is 5.56 Å². The summed E-state index contributed by atoms with van der Waals surface area (Å²) in [6.45, 7) is 0. The summed E-state index contributed by atoms with van der Waals surface area (Å²) in [5, 5.41) is 9.18. The molecule has 0 bridgehead atoms. The third-order valence-electron chi connectivity index (χ3n) is 2.98. The molecular weight excluding hydrogens is 348 g/mol. The predicted molar refractivity (Wildman–Crippen MR) is 91.1 cm³/mol. The van der Waals surface area contributed by atoms with Crippen LogP contribution in [-0.2, 0) is 25.6 Å². The molecule has 124 valence electrons. The van der Waals surface area contributed by atoms with Gasteiger partial charge in [-0.15, -0.1) is 0 Å². The first-order chi connectivity index (χ1) is 11.3.